The van der Waals surface area contributed by atoms with Crippen molar-refractivity contribution < 1.29 is 40.1 Å². The Morgan fingerprint density at radius 2 is 2.08 bits per heavy atom. The number of nitrogens with zero attached hydrogens (tertiary/aromatic N) is 2. The molecule has 0 amide bonds. The van der Waals surface area contributed by atoms with Gasteiger partial charge in [-0.2, -0.15) is 4.98 Å². The van der Waals surface area contributed by atoms with Gasteiger partial charge in [0.15, 0.2) is 11.1 Å². The maximum Gasteiger partial charge on any atom is 0.380 e. The van der Waals surface area contributed by atoms with Crippen LogP contribution in [0.4, 0.5) is 10.2 Å². The fraction of sp³-hybridized carbons (Fsp3) is 0.480. The van der Waals surface area contributed by atoms with Gasteiger partial charge in [0.05, 0.1) is 27.5 Å². The van der Waals surface area contributed by atoms with Crippen LogP contribution in [0.1, 0.15) is 29.7 Å². The molecule has 1 saturated heterocycles. The van der Waals surface area contributed by atoms with E-state index in [1.54, 1.807) is 32.0 Å². The summed E-state index contributed by atoms with van der Waals surface area (Å²) in [6, 6.07) is 8.91. The van der Waals surface area contributed by atoms with Crippen molar-refractivity contribution in [3.05, 3.63) is 53.1 Å². The fourth-order valence-corrected chi connectivity index (χ4v) is 5.63. The highest BCUT2D eigenvalue weighted by Gasteiger charge is 2.56. The zero-order chi connectivity index (χ0) is 30.6. The zero-order valence-electron chi connectivity index (χ0n) is 23.3. The van der Waals surface area contributed by atoms with Crippen molar-refractivity contribution in [3.63, 3.8) is 0 Å². The van der Waals surface area contributed by atoms with Gasteiger partial charge < -0.3 is 24.8 Å². The van der Waals surface area contributed by atoms with Gasteiger partial charge in [0.1, 0.15) is 30.4 Å². The quantitative estimate of drug-likeness (QED) is 0.184. The molecule has 14 heteroatoms. The predicted molar refractivity (Wildman–Crippen MR) is 141 cm³/mol. The molecule has 1 aromatic carbocycles. The number of alkyl halides is 2. The summed E-state index contributed by atoms with van der Waals surface area (Å²) in [5, 5.41) is 11.1. The van der Waals surface area contributed by atoms with E-state index in [0.29, 0.717) is 0 Å². The number of halogens is 2. The molecule has 0 radical (unpaired) electrons. The maximum atomic E-state index is 14.0. The van der Waals surface area contributed by atoms with E-state index in [4.69, 9.17) is 38.6 Å². The molecule has 0 aliphatic carbocycles. The molecule has 39 heavy (non-hydrogen) atoms. The van der Waals surface area contributed by atoms with Crippen molar-refractivity contribution in [1.82, 2.24) is 9.55 Å². The summed E-state index contributed by atoms with van der Waals surface area (Å²) in [5.74, 6) is 2.45. The van der Waals surface area contributed by atoms with Crippen molar-refractivity contribution in [3.8, 4) is 17.6 Å². The number of aliphatic hydroxyl groups excluding tert-OH is 1. The van der Waals surface area contributed by atoms with Crippen LogP contribution >= 0.6 is 19.2 Å². The number of aromatic nitrogens is 2. The predicted octanol–water partition coefficient (Wildman–Crippen LogP) is 2.91. The second-order valence-electron chi connectivity index (χ2n) is 8.89. The maximum absolute atomic E-state index is 14.0. The molecule has 1 aliphatic rings. The Morgan fingerprint density at radius 3 is 2.69 bits per heavy atom. The highest BCUT2D eigenvalue weighted by Crippen LogP contribution is 2.51. The summed E-state index contributed by atoms with van der Waals surface area (Å²) in [7, 11) is -4.57. The average molecular weight is 588 g/mol. The molecule has 3 rings (SSSR count). The standard InChI is InChI=1S/C25H30ClFN3O8P/c1-16(2)36-22(32)17(3)15-39(34,38-18-8-5-4-6-9-18)35-14-19-21(31)25(26,11-7-12-27)23(37-19)30-13-10-20(28)29-24(30)33/h4-6,8-10,13,16-17,19,21,23,31H,12,14-15H2,1-3H3,(H2,28,29,33)/t17-,19-,21+,23-,25?,39+/m1/s1/i14D2. The van der Waals surface area contributed by atoms with Crippen molar-refractivity contribution in [2.75, 3.05) is 25.1 Å². The van der Waals surface area contributed by atoms with E-state index in [1.165, 1.54) is 25.1 Å². The molecule has 11 nitrogen and oxygen atoms in total. The van der Waals surface area contributed by atoms with Crippen molar-refractivity contribution >= 4 is 31.0 Å². The Balaban J connectivity index is 2.00. The summed E-state index contributed by atoms with van der Waals surface area (Å²) in [6.45, 7) is 0.338. The summed E-state index contributed by atoms with van der Waals surface area (Å²) < 4.78 is 66.9. The van der Waals surface area contributed by atoms with Crippen LogP contribution < -0.4 is 15.9 Å². The van der Waals surface area contributed by atoms with Crippen LogP contribution in [0.3, 0.4) is 0 Å². The number of ether oxygens (including phenoxy) is 2. The first-order valence-electron chi connectivity index (χ1n) is 12.8. The van der Waals surface area contributed by atoms with Crippen molar-refractivity contribution in [1.29, 1.82) is 0 Å². The van der Waals surface area contributed by atoms with E-state index < -0.39 is 74.0 Å². The third-order valence-corrected chi connectivity index (χ3v) is 7.72. The van der Waals surface area contributed by atoms with Crippen LogP contribution in [0.15, 0.2) is 47.4 Å². The number of esters is 1. The van der Waals surface area contributed by atoms with Crippen LogP contribution in [0.2, 0.25) is 0 Å². The highest BCUT2D eigenvalue weighted by atomic mass is 35.5. The molecule has 1 unspecified atom stereocenters. The van der Waals surface area contributed by atoms with Crippen LogP contribution in [0.5, 0.6) is 5.75 Å². The van der Waals surface area contributed by atoms with Gasteiger partial charge in [0.2, 0.25) is 0 Å². The molecule has 0 bridgehead atoms. The second-order valence-corrected chi connectivity index (χ2v) is 11.5. The minimum atomic E-state index is -4.57. The third-order valence-electron chi connectivity index (χ3n) is 5.35. The lowest BCUT2D eigenvalue weighted by atomic mass is 9.99. The van der Waals surface area contributed by atoms with Gasteiger partial charge in [0.25, 0.3) is 0 Å². The van der Waals surface area contributed by atoms with E-state index in [1.807, 2.05) is 0 Å². The first kappa shape index (κ1) is 27.6. The number of benzene rings is 1. The fourth-order valence-electron chi connectivity index (χ4n) is 3.57. The van der Waals surface area contributed by atoms with Crippen molar-refractivity contribution in [2.24, 2.45) is 5.92 Å². The van der Waals surface area contributed by atoms with Gasteiger partial charge in [-0.05, 0) is 32.0 Å². The molecule has 1 fully saturated rings. The van der Waals surface area contributed by atoms with Crippen molar-refractivity contribution in [2.45, 2.75) is 50.2 Å². The molecule has 212 valence electrons. The molecule has 2 aromatic rings. The van der Waals surface area contributed by atoms with Gasteiger partial charge in [-0.15, -0.1) is 0 Å². The van der Waals surface area contributed by atoms with E-state index in [9.17, 15) is 23.7 Å². The molecule has 1 aliphatic heterocycles. The lowest BCUT2D eigenvalue weighted by Gasteiger charge is -2.26. The number of anilines is 1. The normalized spacial score (nSPS) is 26.0. The Hall–Kier alpha value is -2.94. The number of nitrogen functional groups attached to an aromatic ring is 1. The summed E-state index contributed by atoms with van der Waals surface area (Å²) >= 11 is 6.57. The summed E-state index contributed by atoms with van der Waals surface area (Å²) in [4.78, 5) is 26.3. The van der Waals surface area contributed by atoms with Gasteiger partial charge in [-0.25, -0.2) is 13.8 Å². The monoisotopic (exact) mass is 587 g/mol. The topological polar surface area (TPSA) is 152 Å². The van der Waals surface area contributed by atoms with E-state index in [0.717, 1.165) is 10.8 Å². The summed E-state index contributed by atoms with van der Waals surface area (Å²) in [5.41, 5.74) is 4.56. The number of hydrogen-bond donors (Lipinski definition) is 2. The second kappa shape index (κ2) is 12.9. The highest BCUT2D eigenvalue weighted by molar-refractivity contribution is 7.54. The number of carbonyl (C=O) groups excluding carboxylic acids is 1. The van der Waals surface area contributed by atoms with Gasteiger partial charge in [-0.3, -0.25) is 13.9 Å². The van der Waals surface area contributed by atoms with Gasteiger partial charge in [-0.1, -0.05) is 48.6 Å². The Morgan fingerprint density at radius 1 is 1.38 bits per heavy atom. The molecule has 2 heterocycles. The number of aliphatic hydroxyl groups is 1. The molecule has 0 spiro atoms. The minimum Gasteiger partial charge on any atom is -0.463 e. The molecule has 1 aromatic heterocycles. The number of rotatable bonds is 10. The van der Waals surface area contributed by atoms with E-state index in [2.05, 4.69) is 16.8 Å². The molecular weight excluding hydrogens is 556 g/mol. The molecule has 0 saturated carbocycles. The number of para-hydroxylation sites is 1. The number of nitrogens with two attached hydrogens (primary N) is 1. The Kier molecular flexibility index (Phi) is 9.17. The zero-order valence-corrected chi connectivity index (χ0v) is 23.0. The smallest absolute Gasteiger partial charge is 0.380 e. The number of carbonyl (C=O) groups is 1. The minimum absolute atomic E-state index is 0.0434. The van der Waals surface area contributed by atoms with Crippen LogP contribution in [0.25, 0.3) is 0 Å². The first-order chi connectivity index (χ1) is 19.1. The third kappa shape index (κ3) is 7.59. The lowest BCUT2D eigenvalue weighted by Crippen LogP contribution is -2.43. The largest absolute Gasteiger partial charge is 0.463 e. The molecule has 3 N–H and O–H groups in total. The Bertz CT molecular complexity index is 1410. The van der Waals surface area contributed by atoms with Gasteiger partial charge in [0, 0.05) is 6.20 Å². The van der Waals surface area contributed by atoms with Crippen LogP contribution in [-0.4, -0.2) is 63.2 Å². The van der Waals surface area contributed by atoms with E-state index in [-0.39, 0.29) is 11.6 Å². The number of hydrogen-bond acceptors (Lipinski definition) is 10. The SMILES string of the molecule is [2H]C([2H])(O[P@@](=O)(C[C@@H](C)C(=O)OC(C)C)Oc1ccccc1)[C@H]1O[C@@H](n2ccc(N)nc2=O)C(Cl)(C#CCF)[C@H]1O. The lowest BCUT2D eigenvalue weighted by molar-refractivity contribution is -0.151. The molecule has 6 atom stereocenters. The van der Waals surface area contributed by atoms with Crippen LogP contribution in [0, 0.1) is 17.8 Å². The first-order valence-corrected chi connectivity index (χ1v) is 13.9. The van der Waals surface area contributed by atoms with Crippen LogP contribution in [-0.2, 0) is 23.4 Å². The Labute approximate surface area is 232 Å². The average Bonchev–Trinajstić information content (AvgIpc) is 3.13. The summed E-state index contributed by atoms with van der Waals surface area (Å²) in [6.07, 6.45) is -5.79. The molecular formula is C25H30ClFN3O8P. The van der Waals surface area contributed by atoms with Gasteiger partial charge >= 0.3 is 19.3 Å². The van der Waals surface area contributed by atoms with E-state index >= 15 is 0 Å².